The van der Waals surface area contributed by atoms with Gasteiger partial charge in [-0.1, -0.05) is 23.7 Å². The number of halogens is 1. The van der Waals surface area contributed by atoms with Crippen molar-refractivity contribution in [2.45, 2.75) is 13.0 Å². The lowest BCUT2D eigenvalue weighted by Crippen LogP contribution is -2.41. The fourth-order valence-corrected chi connectivity index (χ4v) is 3.74. The van der Waals surface area contributed by atoms with Crippen molar-refractivity contribution in [3.05, 3.63) is 64.0 Å². The molecule has 1 saturated heterocycles. The monoisotopic (exact) mass is 460 g/mol. The standard InChI is InChI=1S/C22H21ClN2O5S/c1-14(30-18-9-5-16(23)6-10-18)20(26)24-11-12-25-21(27)19(31-22(25)28)13-15-3-7-17(29-2)8-4-15/h3-10,13-14H,11-12H2,1-2H3,(H,24,26). The molecule has 1 fully saturated rings. The maximum Gasteiger partial charge on any atom is 0.293 e. The minimum atomic E-state index is -0.744. The van der Waals surface area contributed by atoms with Crippen LogP contribution in [0.3, 0.4) is 0 Å². The fraction of sp³-hybridized carbons (Fsp3) is 0.227. The highest BCUT2D eigenvalue weighted by molar-refractivity contribution is 8.18. The van der Waals surface area contributed by atoms with Crippen LogP contribution < -0.4 is 14.8 Å². The molecular weight excluding hydrogens is 440 g/mol. The Hall–Kier alpha value is -2.97. The average molecular weight is 461 g/mol. The van der Waals surface area contributed by atoms with E-state index in [1.165, 1.54) is 0 Å². The van der Waals surface area contributed by atoms with E-state index in [2.05, 4.69) is 5.32 Å². The highest BCUT2D eigenvalue weighted by atomic mass is 35.5. The minimum absolute atomic E-state index is 0.0734. The number of rotatable bonds is 8. The topological polar surface area (TPSA) is 84.9 Å². The van der Waals surface area contributed by atoms with Gasteiger partial charge in [0.15, 0.2) is 6.10 Å². The molecule has 2 aromatic rings. The number of carbonyl (C=O) groups excluding carboxylic acids is 3. The van der Waals surface area contributed by atoms with E-state index in [9.17, 15) is 14.4 Å². The highest BCUT2D eigenvalue weighted by Crippen LogP contribution is 2.32. The zero-order valence-corrected chi connectivity index (χ0v) is 18.5. The first kappa shape index (κ1) is 22.7. The van der Waals surface area contributed by atoms with Gasteiger partial charge in [-0.2, -0.15) is 0 Å². The molecule has 1 atom stereocenters. The third-order valence-electron chi connectivity index (χ3n) is 4.42. The van der Waals surface area contributed by atoms with Crippen molar-refractivity contribution in [3.63, 3.8) is 0 Å². The van der Waals surface area contributed by atoms with E-state index in [1.807, 2.05) is 0 Å². The molecule has 1 aliphatic heterocycles. The molecule has 7 nitrogen and oxygen atoms in total. The summed E-state index contributed by atoms with van der Waals surface area (Å²) < 4.78 is 10.7. The number of nitrogens with zero attached hydrogens (tertiary/aromatic N) is 1. The molecule has 1 N–H and O–H groups in total. The van der Waals surface area contributed by atoms with Crippen LogP contribution in [0.2, 0.25) is 5.02 Å². The number of nitrogens with one attached hydrogen (secondary N) is 1. The van der Waals surface area contributed by atoms with Crippen LogP contribution in [-0.2, 0) is 9.59 Å². The minimum Gasteiger partial charge on any atom is -0.497 e. The van der Waals surface area contributed by atoms with Gasteiger partial charge < -0.3 is 14.8 Å². The number of carbonyl (C=O) groups is 3. The lowest BCUT2D eigenvalue weighted by molar-refractivity contribution is -0.128. The zero-order chi connectivity index (χ0) is 22.4. The Kier molecular flexibility index (Phi) is 7.59. The summed E-state index contributed by atoms with van der Waals surface area (Å²) >= 11 is 6.70. The molecule has 0 aromatic heterocycles. The number of ether oxygens (including phenoxy) is 2. The zero-order valence-electron chi connectivity index (χ0n) is 17.0. The molecule has 0 aliphatic carbocycles. The van der Waals surface area contributed by atoms with Crippen molar-refractivity contribution in [1.82, 2.24) is 10.2 Å². The fourth-order valence-electron chi connectivity index (χ4n) is 2.75. The van der Waals surface area contributed by atoms with E-state index < -0.39 is 6.10 Å². The number of amides is 3. The second-order valence-electron chi connectivity index (χ2n) is 6.61. The van der Waals surface area contributed by atoms with E-state index in [0.29, 0.717) is 21.4 Å². The third-order valence-corrected chi connectivity index (χ3v) is 5.58. The highest BCUT2D eigenvalue weighted by Gasteiger charge is 2.34. The van der Waals surface area contributed by atoms with E-state index >= 15 is 0 Å². The molecule has 1 unspecified atom stereocenters. The molecule has 3 rings (SSSR count). The lowest BCUT2D eigenvalue weighted by Gasteiger charge is -2.16. The van der Waals surface area contributed by atoms with Crippen LogP contribution >= 0.6 is 23.4 Å². The number of imide groups is 1. The van der Waals surface area contributed by atoms with E-state index in [-0.39, 0.29) is 30.1 Å². The first-order valence-corrected chi connectivity index (χ1v) is 10.7. The molecule has 3 amide bonds. The Morgan fingerprint density at radius 1 is 1.13 bits per heavy atom. The van der Waals surface area contributed by atoms with Gasteiger partial charge in [0.05, 0.1) is 12.0 Å². The molecule has 1 aliphatic rings. The molecule has 162 valence electrons. The van der Waals surface area contributed by atoms with Crippen molar-refractivity contribution in [2.75, 3.05) is 20.2 Å². The second-order valence-corrected chi connectivity index (χ2v) is 8.04. The smallest absolute Gasteiger partial charge is 0.293 e. The first-order valence-electron chi connectivity index (χ1n) is 9.46. The molecule has 31 heavy (non-hydrogen) atoms. The summed E-state index contributed by atoms with van der Waals surface area (Å²) in [4.78, 5) is 38.5. The van der Waals surface area contributed by atoms with E-state index in [1.54, 1.807) is 68.6 Å². The van der Waals surface area contributed by atoms with Gasteiger partial charge in [-0.15, -0.1) is 0 Å². The summed E-state index contributed by atoms with van der Waals surface area (Å²) in [7, 11) is 1.57. The van der Waals surface area contributed by atoms with Crippen LogP contribution in [0.4, 0.5) is 4.79 Å². The largest absolute Gasteiger partial charge is 0.497 e. The van der Waals surface area contributed by atoms with Gasteiger partial charge in [-0.3, -0.25) is 19.3 Å². The molecule has 0 bridgehead atoms. The molecule has 0 spiro atoms. The summed E-state index contributed by atoms with van der Waals surface area (Å²) in [6, 6.07) is 13.8. The number of hydrogen-bond acceptors (Lipinski definition) is 6. The molecule has 0 radical (unpaired) electrons. The van der Waals surface area contributed by atoms with Gasteiger partial charge >= 0.3 is 0 Å². The molecule has 0 saturated carbocycles. The molecule has 9 heteroatoms. The molecule has 1 heterocycles. The van der Waals surface area contributed by atoms with Crippen LogP contribution in [0.15, 0.2) is 53.4 Å². The van der Waals surface area contributed by atoms with E-state index in [0.717, 1.165) is 22.2 Å². The number of hydrogen-bond donors (Lipinski definition) is 1. The van der Waals surface area contributed by atoms with Crippen LogP contribution in [0, 0.1) is 0 Å². The molecule has 2 aromatic carbocycles. The summed E-state index contributed by atoms with van der Waals surface area (Å²) in [6.07, 6.45) is 0.913. The van der Waals surface area contributed by atoms with Crippen LogP contribution in [0.25, 0.3) is 6.08 Å². The van der Waals surface area contributed by atoms with Crippen LogP contribution in [0.5, 0.6) is 11.5 Å². The summed E-state index contributed by atoms with van der Waals surface area (Å²) in [5.74, 6) is 0.484. The maximum atomic E-state index is 12.6. The van der Waals surface area contributed by atoms with Gasteiger partial charge in [-0.25, -0.2) is 0 Å². The van der Waals surface area contributed by atoms with Crippen molar-refractivity contribution in [3.8, 4) is 11.5 Å². The number of benzene rings is 2. The average Bonchev–Trinajstić information content (AvgIpc) is 3.03. The maximum absolute atomic E-state index is 12.6. The molecular formula is C22H21ClN2O5S. The van der Waals surface area contributed by atoms with Gasteiger partial charge in [0, 0.05) is 18.1 Å². The SMILES string of the molecule is COc1ccc(C=C2SC(=O)N(CCNC(=O)C(C)Oc3ccc(Cl)cc3)C2=O)cc1. The van der Waals surface area contributed by atoms with Crippen molar-refractivity contribution in [1.29, 1.82) is 0 Å². The first-order chi connectivity index (χ1) is 14.9. The van der Waals surface area contributed by atoms with Gasteiger partial charge in [0.25, 0.3) is 17.1 Å². The third kappa shape index (κ3) is 6.02. The quantitative estimate of drug-likeness (QED) is 0.600. The summed E-state index contributed by atoms with van der Waals surface area (Å²) in [5, 5.41) is 2.88. The van der Waals surface area contributed by atoms with Crippen LogP contribution in [-0.4, -0.2) is 48.3 Å². The van der Waals surface area contributed by atoms with E-state index in [4.69, 9.17) is 21.1 Å². The van der Waals surface area contributed by atoms with Crippen molar-refractivity contribution in [2.24, 2.45) is 0 Å². The van der Waals surface area contributed by atoms with Gasteiger partial charge in [-0.05, 0) is 66.7 Å². The van der Waals surface area contributed by atoms with Crippen molar-refractivity contribution >= 4 is 46.5 Å². The summed E-state index contributed by atoms with van der Waals surface area (Å²) in [6.45, 7) is 1.81. The van der Waals surface area contributed by atoms with Crippen LogP contribution in [0.1, 0.15) is 12.5 Å². The predicted molar refractivity (Wildman–Crippen MR) is 120 cm³/mol. The normalized spacial score (nSPS) is 15.8. The Morgan fingerprint density at radius 2 is 1.77 bits per heavy atom. The number of methoxy groups -OCH3 is 1. The lowest BCUT2D eigenvalue weighted by atomic mass is 10.2. The van der Waals surface area contributed by atoms with Gasteiger partial charge in [0.1, 0.15) is 11.5 Å². The van der Waals surface area contributed by atoms with Crippen molar-refractivity contribution < 1.29 is 23.9 Å². The summed E-state index contributed by atoms with van der Waals surface area (Å²) in [5.41, 5.74) is 0.785. The Morgan fingerprint density at radius 3 is 2.42 bits per heavy atom. The van der Waals surface area contributed by atoms with Gasteiger partial charge in [0.2, 0.25) is 0 Å². The Labute approximate surface area is 189 Å². The Bertz CT molecular complexity index is 992. The number of thioether (sulfide) groups is 1. The predicted octanol–water partition coefficient (Wildman–Crippen LogP) is 3.97. The Balaban J connectivity index is 1.51. The second kappa shape index (κ2) is 10.4.